The second-order valence-corrected chi connectivity index (χ2v) is 12.3. The summed E-state index contributed by atoms with van der Waals surface area (Å²) < 4.78 is 74.3. The number of benzene rings is 1. The van der Waals surface area contributed by atoms with Gasteiger partial charge in [0.1, 0.15) is 30.2 Å². The average molecular weight is 728 g/mol. The van der Waals surface area contributed by atoms with Crippen molar-refractivity contribution in [3.05, 3.63) is 66.9 Å². The zero-order valence-electron chi connectivity index (χ0n) is 24.1. The number of H-pyrrole nitrogens is 1. The predicted octanol–water partition coefficient (Wildman–Crippen LogP) is 1.71. The number of phosphoric ester groups is 1. The molecule has 1 saturated heterocycles. The first-order chi connectivity index (χ1) is 21.0. The summed E-state index contributed by atoms with van der Waals surface area (Å²) in [5.74, 6) is -3.19. The highest BCUT2D eigenvalue weighted by atomic mass is 79.9. The molecule has 2 aromatic rings. The van der Waals surface area contributed by atoms with E-state index in [0.29, 0.717) is 5.75 Å². The Kier molecular flexibility index (Phi) is 12.0. The summed E-state index contributed by atoms with van der Waals surface area (Å²) in [6, 6.07) is 4.83. The number of quaternary nitrogens is 1. The number of hydrogen-bond acceptors (Lipinski definition) is 11. The van der Waals surface area contributed by atoms with E-state index in [0.717, 1.165) is 11.1 Å². The van der Waals surface area contributed by atoms with E-state index in [2.05, 4.69) is 26.6 Å². The highest BCUT2D eigenvalue weighted by molar-refractivity contribution is 9.11. The van der Waals surface area contributed by atoms with Crippen molar-refractivity contribution in [3.63, 3.8) is 0 Å². The Morgan fingerprint density at radius 2 is 1.98 bits per heavy atom. The fourth-order valence-electron chi connectivity index (χ4n) is 4.03. The summed E-state index contributed by atoms with van der Waals surface area (Å²) in [6.45, 7) is 5.22. The van der Waals surface area contributed by atoms with Gasteiger partial charge in [-0.25, -0.2) is 14.2 Å². The zero-order chi connectivity index (χ0) is 33.7. The Labute approximate surface area is 262 Å². The molecule has 14 nitrogen and oxygen atoms in total. The summed E-state index contributed by atoms with van der Waals surface area (Å²) in [7, 11) is -4.01. The number of aromatic nitrogens is 2. The number of para-hydroxylation sites is 1. The monoisotopic (exact) mass is 727 g/mol. The number of carboxylic acids is 1. The Morgan fingerprint density at radius 3 is 2.58 bits per heavy atom. The van der Waals surface area contributed by atoms with Crippen LogP contribution in [0.5, 0.6) is 5.75 Å². The van der Waals surface area contributed by atoms with Crippen LogP contribution in [0.3, 0.4) is 0 Å². The van der Waals surface area contributed by atoms with Gasteiger partial charge in [0.2, 0.25) is 0 Å². The lowest BCUT2D eigenvalue weighted by Crippen LogP contribution is -2.68. The molecule has 1 aromatic carbocycles. The van der Waals surface area contributed by atoms with E-state index in [-0.39, 0.29) is 31.1 Å². The molecule has 1 aromatic heterocycles. The number of phosphoric acid groups is 1. The summed E-state index contributed by atoms with van der Waals surface area (Å²) in [6.07, 6.45) is -5.00. The summed E-state index contributed by atoms with van der Waals surface area (Å²) >= 11 is 3.11. The minimum absolute atomic E-state index is 0.0368. The number of carbonyl (C=O) groups is 2. The smallest absolute Gasteiger partial charge is 0.530 e. The van der Waals surface area contributed by atoms with E-state index >= 15 is 0 Å². The second kappa shape index (κ2) is 14.9. The number of halogens is 4. The fraction of sp³-hybridized carbons (Fsp3) is 0.462. The number of rotatable bonds is 8. The minimum atomic E-state index is -5.19. The second-order valence-electron chi connectivity index (χ2n) is 10.2. The molecule has 2 aliphatic rings. The molecular weight excluding hydrogens is 698 g/mol. The molecule has 19 heteroatoms. The number of alkyl halides is 3. The summed E-state index contributed by atoms with van der Waals surface area (Å²) in [5, 5.41) is 8.78. The molecule has 0 radical (unpaired) electrons. The molecule has 0 bridgehead atoms. The third-order valence-corrected chi connectivity index (χ3v) is 8.19. The van der Waals surface area contributed by atoms with Crippen LogP contribution in [0.25, 0.3) is 6.08 Å². The van der Waals surface area contributed by atoms with Crippen LogP contribution in [-0.2, 0) is 39.3 Å². The van der Waals surface area contributed by atoms with Gasteiger partial charge < -0.3 is 29.6 Å². The van der Waals surface area contributed by atoms with E-state index < -0.39 is 61.7 Å². The molecule has 4 N–H and O–H groups in total. The first-order valence-electron chi connectivity index (χ1n) is 13.2. The van der Waals surface area contributed by atoms with Crippen molar-refractivity contribution in [3.8, 4) is 5.75 Å². The van der Waals surface area contributed by atoms with E-state index in [1.807, 2.05) is 32.9 Å². The number of hydrogen-bond donors (Lipinski definition) is 2. The van der Waals surface area contributed by atoms with Crippen molar-refractivity contribution >= 4 is 41.8 Å². The normalized spacial score (nSPS) is 23.5. The van der Waals surface area contributed by atoms with Crippen LogP contribution in [0.4, 0.5) is 13.2 Å². The quantitative estimate of drug-likeness (QED) is 0.296. The number of esters is 1. The first-order valence-corrected chi connectivity index (χ1v) is 15.6. The van der Waals surface area contributed by atoms with E-state index in [9.17, 15) is 32.1 Å². The molecule has 3 heterocycles. The number of carboxylic acid groups (broad SMARTS) is 1. The number of carbonyl (C=O) groups excluding carboxylic acids is 2. The van der Waals surface area contributed by atoms with Gasteiger partial charge in [0.15, 0.2) is 6.04 Å². The number of nitrogens with one attached hydrogen (secondary N) is 1. The molecule has 248 valence electrons. The largest absolute Gasteiger partial charge is 0.542 e. The number of aromatic amines is 1. The lowest BCUT2D eigenvalue weighted by Gasteiger charge is -2.27. The van der Waals surface area contributed by atoms with Gasteiger partial charge in [0.25, 0.3) is 5.56 Å². The van der Waals surface area contributed by atoms with Crippen LogP contribution in [0.2, 0.25) is 0 Å². The van der Waals surface area contributed by atoms with Gasteiger partial charge in [0.05, 0.1) is 18.8 Å². The van der Waals surface area contributed by atoms with Crippen LogP contribution in [-0.4, -0.2) is 52.5 Å². The highest BCUT2D eigenvalue weighted by Gasteiger charge is 2.44. The van der Waals surface area contributed by atoms with Crippen molar-refractivity contribution in [1.82, 2.24) is 9.55 Å². The molecule has 4 rings (SSSR count). The van der Waals surface area contributed by atoms with E-state index in [1.54, 1.807) is 6.07 Å². The van der Waals surface area contributed by atoms with Crippen molar-refractivity contribution in [2.75, 3.05) is 6.61 Å². The molecule has 0 saturated carbocycles. The van der Waals surface area contributed by atoms with Crippen molar-refractivity contribution in [1.29, 1.82) is 0 Å². The lowest BCUT2D eigenvalue weighted by molar-refractivity contribution is -0.419. The SMILES string of the molecule is Cc1cccc2c1OP(=O)(OC[C@H]1O[C@@H](n3cc(/C=C/Br)c(=O)[nH]c3=O)C[C@@H]1OC(=O)[C@@H]([NH3+])C(C)C)OC2.O=C([O-])C(F)(F)F. The minimum Gasteiger partial charge on any atom is -0.542 e. The number of ether oxygens (including phenoxy) is 2. The standard InChI is InChI=1S/C24H29BrN3O9P.C2HF3O2/c1-13(2)20(26)23(30)36-17-9-19(28-10-15(7-8-25)22(29)27-24(28)31)35-18(17)12-34-38(32)33-11-16-6-4-5-14(3)21(16)37-38;3-2(4,5)1(6)7/h4-8,10,13,17-20H,9,11-12,26H2,1-3H3,(H,27,29,31);(H,6,7)/b8-7+;/t17-,18+,19+,20-,38?;/m0./s1. The Bertz CT molecular complexity index is 1590. The van der Waals surface area contributed by atoms with E-state index in [1.165, 1.54) is 21.8 Å². The predicted molar refractivity (Wildman–Crippen MR) is 150 cm³/mol. The third-order valence-electron chi connectivity index (χ3n) is 6.61. The molecule has 0 aliphatic carbocycles. The van der Waals surface area contributed by atoms with Crippen molar-refractivity contribution < 1.29 is 61.2 Å². The van der Waals surface area contributed by atoms with Gasteiger partial charge in [-0.15, -0.1) is 0 Å². The van der Waals surface area contributed by atoms with Gasteiger partial charge in [-0.3, -0.25) is 23.4 Å². The van der Waals surface area contributed by atoms with Gasteiger partial charge in [-0.2, -0.15) is 13.2 Å². The average Bonchev–Trinajstić information content (AvgIpc) is 3.35. The number of aryl methyl sites for hydroxylation is 1. The Hall–Kier alpha value is -3.28. The molecule has 5 atom stereocenters. The van der Waals surface area contributed by atoms with Crippen LogP contribution in [0.1, 0.15) is 43.2 Å². The van der Waals surface area contributed by atoms with Gasteiger partial charge in [0, 0.05) is 24.1 Å². The number of aliphatic carboxylic acids is 1. The van der Waals surface area contributed by atoms with Crippen LogP contribution in [0.15, 0.2) is 39.0 Å². The van der Waals surface area contributed by atoms with Gasteiger partial charge in [-0.1, -0.05) is 48.0 Å². The Morgan fingerprint density at radius 1 is 1.31 bits per heavy atom. The Balaban J connectivity index is 0.000000707. The molecule has 2 aliphatic heterocycles. The summed E-state index contributed by atoms with van der Waals surface area (Å²) in [5.41, 5.74) is 4.32. The number of fused-ring (bicyclic) bond motifs is 1. The fourth-order valence-corrected chi connectivity index (χ4v) is 5.60. The molecule has 45 heavy (non-hydrogen) atoms. The van der Waals surface area contributed by atoms with Crippen molar-refractivity contribution in [2.45, 2.75) is 64.5 Å². The zero-order valence-corrected chi connectivity index (χ0v) is 26.6. The van der Waals surface area contributed by atoms with Gasteiger partial charge in [-0.05, 0) is 23.5 Å². The highest BCUT2D eigenvalue weighted by Crippen LogP contribution is 2.55. The maximum absolute atomic E-state index is 13.2. The number of nitrogens with zero attached hydrogens (tertiary/aromatic N) is 1. The molecule has 0 amide bonds. The van der Waals surface area contributed by atoms with Crippen LogP contribution in [0, 0.1) is 12.8 Å². The molecule has 0 spiro atoms. The first kappa shape index (κ1) is 36.2. The molecular formula is C26H30BrF3N3O11P. The third kappa shape index (κ3) is 9.37. The van der Waals surface area contributed by atoms with E-state index in [4.69, 9.17) is 32.9 Å². The van der Waals surface area contributed by atoms with Gasteiger partial charge >= 0.3 is 25.7 Å². The maximum Gasteiger partial charge on any atom is 0.530 e. The van der Waals surface area contributed by atoms with Crippen LogP contribution >= 0.6 is 23.8 Å². The summed E-state index contributed by atoms with van der Waals surface area (Å²) in [4.78, 5) is 49.9. The lowest BCUT2D eigenvalue weighted by atomic mass is 10.1. The molecule has 1 fully saturated rings. The van der Waals surface area contributed by atoms with Crippen molar-refractivity contribution in [2.24, 2.45) is 5.92 Å². The molecule has 1 unspecified atom stereocenters. The maximum atomic E-state index is 13.2. The van der Waals surface area contributed by atoms with Crippen LogP contribution < -0.4 is 26.6 Å². The topological polar surface area (TPSA) is 203 Å².